The van der Waals surface area contributed by atoms with Gasteiger partial charge in [0.1, 0.15) is 23.4 Å². The van der Waals surface area contributed by atoms with E-state index < -0.39 is 41.5 Å². The first kappa shape index (κ1) is 29.7. The summed E-state index contributed by atoms with van der Waals surface area (Å²) in [5, 5.41) is 27.5. The lowest BCUT2D eigenvalue weighted by molar-refractivity contribution is -0.142. The monoisotopic (exact) mass is 552 g/mol. The Hall–Kier alpha value is -4.87. The fourth-order valence-corrected chi connectivity index (χ4v) is 4.30. The van der Waals surface area contributed by atoms with Gasteiger partial charge in [-0.05, 0) is 49.9 Å². The van der Waals surface area contributed by atoms with Gasteiger partial charge >= 0.3 is 17.6 Å². The van der Waals surface area contributed by atoms with E-state index >= 15 is 0 Å². The third kappa shape index (κ3) is 7.59. The Balaban J connectivity index is 1.80. The predicted molar refractivity (Wildman–Crippen MR) is 146 cm³/mol. The van der Waals surface area contributed by atoms with Gasteiger partial charge in [0.15, 0.2) is 0 Å². The van der Waals surface area contributed by atoms with Crippen LogP contribution in [0.5, 0.6) is 5.75 Å². The SMILES string of the molecule is Cc1c(CC(=O)N[C@@H](Cc2ccccc2)C(=O)N[C@@H](CCCNC(N)=O)C(=O)O)c(=O)oc2c(C)c(O)ccc12. The summed E-state index contributed by atoms with van der Waals surface area (Å²) in [6.45, 7) is 3.40. The highest BCUT2D eigenvalue weighted by Gasteiger charge is 2.27. The fourth-order valence-electron chi connectivity index (χ4n) is 4.30. The summed E-state index contributed by atoms with van der Waals surface area (Å²) in [4.78, 5) is 61.6. The third-order valence-corrected chi connectivity index (χ3v) is 6.53. The lowest BCUT2D eigenvalue weighted by Crippen LogP contribution is -2.53. The molecule has 2 atom stereocenters. The number of phenols is 1. The molecule has 12 nitrogen and oxygen atoms in total. The van der Waals surface area contributed by atoms with Crippen LogP contribution in [0.3, 0.4) is 0 Å². The van der Waals surface area contributed by atoms with E-state index in [1.165, 1.54) is 6.07 Å². The molecule has 2 aromatic carbocycles. The molecule has 7 N–H and O–H groups in total. The van der Waals surface area contributed by atoms with Crippen LogP contribution in [0.2, 0.25) is 0 Å². The number of primary amides is 1. The lowest BCUT2D eigenvalue weighted by Gasteiger charge is -2.22. The third-order valence-electron chi connectivity index (χ3n) is 6.53. The standard InChI is InChI=1S/C28H32N4O8/c1-15-18-10-11-22(33)16(2)24(18)40-27(38)19(15)14-23(34)31-21(13-17-7-4-3-5-8-17)25(35)32-20(26(36)37)9-6-12-30-28(29)39/h3-5,7-8,10-11,20-21,33H,6,9,12-14H2,1-2H3,(H,31,34)(H,32,35)(H,36,37)(H3,29,30,39)/t20-,21-/m0/s1. The number of amides is 4. The van der Waals surface area contributed by atoms with Crippen LogP contribution in [-0.4, -0.2) is 52.7 Å². The zero-order valence-corrected chi connectivity index (χ0v) is 22.2. The van der Waals surface area contributed by atoms with E-state index in [1.807, 2.05) is 0 Å². The number of carbonyl (C=O) groups is 4. The minimum absolute atomic E-state index is 0.0135. The smallest absolute Gasteiger partial charge is 0.340 e. The first-order valence-electron chi connectivity index (χ1n) is 12.6. The van der Waals surface area contributed by atoms with Crippen LogP contribution in [-0.2, 0) is 27.2 Å². The molecule has 0 unspecified atom stereocenters. The largest absolute Gasteiger partial charge is 0.508 e. The zero-order valence-electron chi connectivity index (χ0n) is 22.2. The van der Waals surface area contributed by atoms with E-state index in [0.29, 0.717) is 16.5 Å². The van der Waals surface area contributed by atoms with Crippen molar-refractivity contribution in [2.45, 2.75) is 51.6 Å². The topological polar surface area (TPSA) is 201 Å². The summed E-state index contributed by atoms with van der Waals surface area (Å²) >= 11 is 0. The molecule has 4 amide bonds. The summed E-state index contributed by atoms with van der Waals surface area (Å²) in [6.07, 6.45) is -0.0642. The number of carboxylic acid groups (broad SMARTS) is 1. The number of carbonyl (C=O) groups excluding carboxylic acids is 3. The van der Waals surface area contributed by atoms with E-state index in [4.69, 9.17) is 10.2 Å². The van der Waals surface area contributed by atoms with E-state index in [-0.39, 0.29) is 49.1 Å². The van der Waals surface area contributed by atoms with Crippen molar-refractivity contribution in [3.8, 4) is 5.75 Å². The molecule has 1 aromatic heterocycles. The Morgan fingerprint density at radius 1 is 0.975 bits per heavy atom. The Morgan fingerprint density at radius 2 is 1.68 bits per heavy atom. The summed E-state index contributed by atoms with van der Waals surface area (Å²) in [5.41, 5.74) is 6.20. The number of aromatic hydroxyl groups is 1. The van der Waals surface area contributed by atoms with Crippen LogP contribution >= 0.6 is 0 Å². The summed E-state index contributed by atoms with van der Waals surface area (Å²) in [5.74, 6) is -2.67. The Bertz CT molecular complexity index is 1470. The van der Waals surface area contributed by atoms with Crippen LogP contribution in [0.4, 0.5) is 4.79 Å². The maximum atomic E-state index is 13.2. The molecular weight excluding hydrogens is 520 g/mol. The van der Waals surface area contributed by atoms with E-state index in [2.05, 4.69) is 16.0 Å². The molecule has 12 heteroatoms. The van der Waals surface area contributed by atoms with Gasteiger partial charge in [0.05, 0.1) is 12.0 Å². The van der Waals surface area contributed by atoms with Crippen LogP contribution in [0.25, 0.3) is 11.0 Å². The van der Waals surface area contributed by atoms with Gasteiger partial charge in [-0.2, -0.15) is 0 Å². The Labute approximate surface area is 229 Å². The van der Waals surface area contributed by atoms with Crippen molar-refractivity contribution in [1.29, 1.82) is 0 Å². The molecule has 40 heavy (non-hydrogen) atoms. The first-order valence-corrected chi connectivity index (χ1v) is 12.6. The number of fused-ring (bicyclic) bond motifs is 1. The molecule has 0 radical (unpaired) electrons. The molecule has 0 spiro atoms. The van der Waals surface area contributed by atoms with Gasteiger partial charge in [-0.25, -0.2) is 14.4 Å². The van der Waals surface area contributed by atoms with Crippen LogP contribution in [0.1, 0.15) is 35.1 Å². The molecule has 0 fully saturated rings. The number of hydrogen-bond acceptors (Lipinski definition) is 7. The Kier molecular flexibility index (Phi) is 9.85. The number of carboxylic acids is 1. The number of rotatable bonds is 12. The van der Waals surface area contributed by atoms with Crippen molar-refractivity contribution >= 4 is 34.8 Å². The van der Waals surface area contributed by atoms with Crippen molar-refractivity contribution < 1.29 is 33.8 Å². The number of urea groups is 1. The summed E-state index contributed by atoms with van der Waals surface area (Å²) in [6, 6.07) is 8.74. The van der Waals surface area contributed by atoms with Gasteiger partial charge in [-0.1, -0.05) is 30.3 Å². The number of aliphatic carboxylic acids is 1. The second kappa shape index (κ2) is 13.3. The predicted octanol–water partition coefficient (Wildman–Crippen LogP) is 1.40. The van der Waals surface area contributed by atoms with E-state index in [1.54, 1.807) is 50.2 Å². The van der Waals surface area contributed by atoms with Crippen molar-refractivity contribution in [3.05, 3.63) is 75.1 Å². The van der Waals surface area contributed by atoms with Crippen LogP contribution < -0.4 is 27.3 Å². The van der Waals surface area contributed by atoms with Crippen LogP contribution in [0, 0.1) is 13.8 Å². The van der Waals surface area contributed by atoms with Gasteiger partial charge in [-0.15, -0.1) is 0 Å². The molecular formula is C28H32N4O8. The van der Waals surface area contributed by atoms with Crippen molar-refractivity contribution in [2.24, 2.45) is 5.73 Å². The highest BCUT2D eigenvalue weighted by molar-refractivity contribution is 5.92. The summed E-state index contributed by atoms with van der Waals surface area (Å²) < 4.78 is 5.40. The highest BCUT2D eigenvalue weighted by Crippen LogP contribution is 2.28. The molecule has 0 aliphatic heterocycles. The van der Waals surface area contributed by atoms with Crippen molar-refractivity contribution in [1.82, 2.24) is 16.0 Å². The van der Waals surface area contributed by atoms with Gasteiger partial charge in [0.25, 0.3) is 0 Å². The van der Waals surface area contributed by atoms with E-state index in [9.17, 15) is 34.2 Å². The second-order valence-electron chi connectivity index (χ2n) is 9.40. The minimum Gasteiger partial charge on any atom is -0.508 e. The molecule has 3 rings (SSSR count). The number of nitrogens with one attached hydrogen (secondary N) is 3. The van der Waals surface area contributed by atoms with Crippen molar-refractivity contribution in [2.75, 3.05) is 6.54 Å². The summed E-state index contributed by atoms with van der Waals surface area (Å²) in [7, 11) is 0. The number of phenolic OH excluding ortho intramolecular Hbond substituents is 1. The number of nitrogens with two attached hydrogens (primary N) is 1. The quantitative estimate of drug-likeness (QED) is 0.143. The zero-order chi connectivity index (χ0) is 29.4. The van der Waals surface area contributed by atoms with Gasteiger partial charge in [-0.3, -0.25) is 9.59 Å². The molecule has 1 heterocycles. The van der Waals surface area contributed by atoms with Gasteiger partial charge in [0, 0.05) is 23.9 Å². The second-order valence-corrected chi connectivity index (χ2v) is 9.40. The van der Waals surface area contributed by atoms with Gasteiger partial charge in [0.2, 0.25) is 11.8 Å². The average molecular weight is 553 g/mol. The molecule has 0 bridgehead atoms. The van der Waals surface area contributed by atoms with Crippen molar-refractivity contribution in [3.63, 3.8) is 0 Å². The number of aryl methyl sites for hydroxylation is 2. The maximum Gasteiger partial charge on any atom is 0.340 e. The maximum absolute atomic E-state index is 13.2. The van der Waals surface area contributed by atoms with Crippen LogP contribution in [0.15, 0.2) is 51.7 Å². The molecule has 0 saturated carbocycles. The fraction of sp³-hybridized carbons (Fsp3) is 0.321. The molecule has 0 saturated heterocycles. The normalized spacial score (nSPS) is 12.3. The molecule has 0 aliphatic carbocycles. The number of benzene rings is 2. The average Bonchev–Trinajstić information content (AvgIpc) is 2.90. The van der Waals surface area contributed by atoms with E-state index in [0.717, 1.165) is 5.56 Å². The highest BCUT2D eigenvalue weighted by atomic mass is 16.4. The number of hydrogen-bond donors (Lipinski definition) is 6. The molecule has 0 aliphatic rings. The Morgan fingerprint density at radius 3 is 2.33 bits per heavy atom. The van der Waals surface area contributed by atoms with Gasteiger partial charge < -0.3 is 36.3 Å². The molecule has 3 aromatic rings. The molecule has 212 valence electrons. The first-order chi connectivity index (χ1) is 19.0. The lowest BCUT2D eigenvalue weighted by atomic mass is 10.0. The minimum atomic E-state index is -1.28.